The predicted octanol–water partition coefficient (Wildman–Crippen LogP) is 3.56. The average Bonchev–Trinajstić information content (AvgIpc) is 3.18. The van der Waals surface area contributed by atoms with Crippen LogP contribution in [0.5, 0.6) is 0 Å². The maximum atomic E-state index is 14.1. The zero-order valence-corrected chi connectivity index (χ0v) is 12.2. The van der Waals surface area contributed by atoms with E-state index < -0.39 is 0 Å². The van der Waals surface area contributed by atoms with Crippen molar-refractivity contribution in [2.24, 2.45) is 5.92 Å². The molecule has 1 saturated carbocycles. The normalized spacial score (nSPS) is 15.0. The van der Waals surface area contributed by atoms with Crippen molar-refractivity contribution in [3.8, 4) is 0 Å². The molecule has 0 aliphatic heterocycles. The van der Waals surface area contributed by atoms with Crippen LogP contribution in [0.15, 0.2) is 18.2 Å². The summed E-state index contributed by atoms with van der Waals surface area (Å²) in [5.41, 5.74) is 1.86. The Hall–Kier alpha value is -1.09. The van der Waals surface area contributed by atoms with E-state index >= 15 is 0 Å². The van der Waals surface area contributed by atoms with Crippen molar-refractivity contribution in [1.29, 1.82) is 0 Å². The van der Waals surface area contributed by atoms with Gasteiger partial charge in [-0.2, -0.15) is 0 Å². The van der Waals surface area contributed by atoms with E-state index in [0.29, 0.717) is 12.6 Å². The SMILES string of the molecule is CCN(CC1CC1)c1cccc(F)c1CNC(C)C. The van der Waals surface area contributed by atoms with Crippen LogP contribution in [-0.2, 0) is 6.54 Å². The maximum Gasteiger partial charge on any atom is 0.129 e. The first kappa shape index (κ1) is 14.3. The van der Waals surface area contributed by atoms with E-state index in [1.807, 2.05) is 12.1 Å². The molecule has 0 bridgehead atoms. The number of nitrogens with zero attached hydrogens (tertiary/aromatic N) is 1. The van der Waals surface area contributed by atoms with Crippen molar-refractivity contribution in [2.75, 3.05) is 18.0 Å². The van der Waals surface area contributed by atoms with Crippen LogP contribution >= 0.6 is 0 Å². The van der Waals surface area contributed by atoms with Crippen LogP contribution in [-0.4, -0.2) is 19.1 Å². The van der Waals surface area contributed by atoms with Gasteiger partial charge in [0.15, 0.2) is 0 Å². The summed E-state index contributed by atoms with van der Waals surface area (Å²) in [5.74, 6) is 0.717. The Labute approximate surface area is 116 Å². The van der Waals surface area contributed by atoms with Crippen molar-refractivity contribution < 1.29 is 4.39 Å². The van der Waals surface area contributed by atoms with Crippen LogP contribution in [0.4, 0.5) is 10.1 Å². The van der Waals surface area contributed by atoms with E-state index in [-0.39, 0.29) is 5.82 Å². The van der Waals surface area contributed by atoms with Crippen LogP contribution in [0.1, 0.15) is 39.2 Å². The second-order valence-corrected chi connectivity index (χ2v) is 5.76. The summed E-state index contributed by atoms with van der Waals surface area (Å²) in [6.45, 7) is 8.92. The highest BCUT2D eigenvalue weighted by Gasteiger charge is 2.25. The van der Waals surface area contributed by atoms with Gasteiger partial charge in [0.1, 0.15) is 5.82 Å². The molecule has 1 fully saturated rings. The molecule has 0 spiro atoms. The number of benzene rings is 1. The molecular weight excluding hydrogens is 239 g/mol. The lowest BCUT2D eigenvalue weighted by Gasteiger charge is -2.26. The van der Waals surface area contributed by atoms with Gasteiger partial charge in [0.2, 0.25) is 0 Å². The van der Waals surface area contributed by atoms with E-state index in [2.05, 4.69) is 31.0 Å². The Morgan fingerprint density at radius 1 is 1.37 bits per heavy atom. The minimum atomic E-state index is -0.0973. The first-order valence-corrected chi connectivity index (χ1v) is 7.37. The second-order valence-electron chi connectivity index (χ2n) is 5.76. The number of halogens is 1. The van der Waals surface area contributed by atoms with Gasteiger partial charge in [-0.15, -0.1) is 0 Å². The molecular formula is C16H25FN2. The minimum Gasteiger partial charge on any atom is -0.371 e. The summed E-state index contributed by atoms with van der Waals surface area (Å²) in [5, 5.41) is 3.32. The van der Waals surface area contributed by atoms with Crippen LogP contribution in [0.2, 0.25) is 0 Å². The topological polar surface area (TPSA) is 15.3 Å². The Morgan fingerprint density at radius 2 is 2.11 bits per heavy atom. The van der Waals surface area contributed by atoms with Gasteiger partial charge in [0.05, 0.1) is 0 Å². The molecule has 2 nitrogen and oxygen atoms in total. The molecule has 19 heavy (non-hydrogen) atoms. The fraction of sp³-hybridized carbons (Fsp3) is 0.625. The summed E-state index contributed by atoms with van der Waals surface area (Å²) in [7, 11) is 0. The highest BCUT2D eigenvalue weighted by Crippen LogP contribution is 2.32. The Kier molecular flexibility index (Phi) is 4.81. The molecule has 0 radical (unpaired) electrons. The molecule has 2 rings (SSSR count). The fourth-order valence-corrected chi connectivity index (χ4v) is 2.33. The standard InChI is InChI=1S/C16H25FN2/c1-4-19(11-13-8-9-13)16-7-5-6-15(17)14(16)10-18-12(2)3/h5-7,12-13,18H,4,8-11H2,1-3H3. The highest BCUT2D eigenvalue weighted by atomic mass is 19.1. The Bertz CT molecular complexity index is 413. The largest absolute Gasteiger partial charge is 0.371 e. The molecule has 0 unspecified atom stereocenters. The van der Waals surface area contributed by atoms with Crippen molar-refractivity contribution in [3.05, 3.63) is 29.6 Å². The predicted molar refractivity (Wildman–Crippen MR) is 79.0 cm³/mol. The summed E-state index contributed by atoms with van der Waals surface area (Å²) in [6.07, 6.45) is 2.65. The van der Waals surface area contributed by atoms with E-state index in [1.54, 1.807) is 6.07 Å². The lowest BCUT2D eigenvalue weighted by Crippen LogP contribution is -2.29. The van der Waals surface area contributed by atoms with Crippen LogP contribution in [0.25, 0.3) is 0 Å². The molecule has 1 aliphatic rings. The Balaban J connectivity index is 2.18. The van der Waals surface area contributed by atoms with Gasteiger partial charge in [-0.05, 0) is 37.8 Å². The molecule has 0 heterocycles. The van der Waals surface area contributed by atoms with Crippen molar-refractivity contribution in [2.45, 2.75) is 46.2 Å². The van der Waals surface area contributed by atoms with Crippen LogP contribution in [0, 0.1) is 11.7 Å². The maximum absolute atomic E-state index is 14.1. The Morgan fingerprint density at radius 3 is 2.68 bits per heavy atom. The molecule has 1 aliphatic carbocycles. The van der Waals surface area contributed by atoms with Gasteiger partial charge in [-0.25, -0.2) is 4.39 Å². The first-order valence-electron chi connectivity index (χ1n) is 7.37. The molecule has 1 aromatic carbocycles. The quantitative estimate of drug-likeness (QED) is 0.810. The van der Waals surface area contributed by atoms with E-state index in [1.165, 1.54) is 12.8 Å². The summed E-state index contributed by atoms with van der Waals surface area (Å²) in [4.78, 5) is 2.32. The van der Waals surface area contributed by atoms with Crippen molar-refractivity contribution in [3.63, 3.8) is 0 Å². The zero-order valence-electron chi connectivity index (χ0n) is 12.2. The first-order chi connectivity index (χ1) is 9.11. The molecule has 0 amide bonds. The molecule has 106 valence electrons. The number of nitrogens with one attached hydrogen (secondary N) is 1. The summed E-state index contributed by atoms with van der Waals surface area (Å²) >= 11 is 0. The average molecular weight is 264 g/mol. The minimum absolute atomic E-state index is 0.0973. The van der Waals surface area contributed by atoms with Crippen molar-refractivity contribution in [1.82, 2.24) is 5.32 Å². The van der Waals surface area contributed by atoms with E-state index in [0.717, 1.165) is 30.3 Å². The third-order valence-electron chi connectivity index (χ3n) is 3.68. The molecule has 0 aromatic heterocycles. The van der Waals surface area contributed by atoms with Crippen LogP contribution < -0.4 is 10.2 Å². The smallest absolute Gasteiger partial charge is 0.129 e. The summed E-state index contributed by atoms with van der Waals surface area (Å²) < 4.78 is 14.1. The number of hydrogen-bond donors (Lipinski definition) is 1. The van der Waals surface area contributed by atoms with Gasteiger partial charge in [0.25, 0.3) is 0 Å². The fourth-order valence-electron chi connectivity index (χ4n) is 2.33. The highest BCUT2D eigenvalue weighted by molar-refractivity contribution is 5.54. The molecule has 0 saturated heterocycles. The molecule has 3 heteroatoms. The van der Waals surface area contributed by atoms with Gasteiger partial charge in [0, 0.05) is 36.9 Å². The van der Waals surface area contributed by atoms with Crippen molar-refractivity contribution >= 4 is 5.69 Å². The van der Waals surface area contributed by atoms with Gasteiger partial charge < -0.3 is 10.2 Å². The number of anilines is 1. The molecule has 1 N–H and O–H groups in total. The zero-order chi connectivity index (χ0) is 13.8. The van der Waals surface area contributed by atoms with E-state index in [9.17, 15) is 4.39 Å². The van der Waals surface area contributed by atoms with Crippen LogP contribution in [0.3, 0.4) is 0 Å². The lowest BCUT2D eigenvalue weighted by atomic mass is 10.1. The summed E-state index contributed by atoms with van der Waals surface area (Å²) in [6, 6.07) is 5.79. The van der Waals surface area contributed by atoms with Gasteiger partial charge in [-0.1, -0.05) is 19.9 Å². The van der Waals surface area contributed by atoms with Gasteiger partial charge >= 0.3 is 0 Å². The molecule has 1 aromatic rings. The third-order valence-corrected chi connectivity index (χ3v) is 3.68. The number of rotatable bonds is 7. The lowest BCUT2D eigenvalue weighted by molar-refractivity contribution is 0.551. The third kappa shape index (κ3) is 3.93. The monoisotopic (exact) mass is 264 g/mol. The van der Waals surface area contributed by atoms with E-state index in [4.69, 9.17) is 0 Å². The molecule has 0 atom stereocenters. The second kappa shape index (κ2) is 6.38. The number of hydrogen-bond acceptors (Lipinski definition) is 2. The van der Waals surface area contributed by atoms with Gasteiger partial charge in [-0.3, -0.25) is 0 Å².